The molecule has 1 aliphatic heterocycles. The third-order valence-electron chi connectivity index (χ3n) is 5.12. The van der Waals surface area contributed by atoms with E-state index in [2.05, 4.69) is 10.1 Å². The highest BCUT2D eigenvalue weighted by Gasteiger charge is 2.36. The Morgan fingerprint density at radius 2 is 1.87 bits per heavy atom. The molecular weight excluding hydrogens is 424 g/mol. The minimum absolute atomic E-state index is 0.0278. The summed E-state index contributed by atoms with van der Waals surface area (Å²) < 4.78 is 17.6. The molecule has 1 aromatic heterocycles. The number of nitrogens with zero attached hydrogens (tertiary/aromatic N) is 3. The molecule has 0 fully saturated rings. The molecule has 10 nitrogen and oxygen atoms in total. The van der Waals surface area contributed by atoms with E-state index in [1.54, 1.807) is 19.1 Å². The molecule has 2 aromatic rings. The molecule has 2 heterocycles. The van der Waals surface area contributed by atoms with Crippen molar-refractivity contribution in [3.8, 4) is 23.1 Å². The van der Waals surface area contributed by atoms with Crippen LogP contribution in [0.15, 0.2) is 22.0 Å². The van der Waals surface area contributed by atoms with Crippen molar-refractivity contribution in [1.29, 1.82) is 0 Å². The third-order valence-corrected chi connectivity index (χ3v) is 5.50. The van der Waals surface area contributed by atoms with Crippen LogP contribution in [0.5, 0.6) is 23.1 Å². The minimum atomic E-state index is -0.575. The first-order valence-corrected chi connectivity index (χ1v) is 9.90. The van der Waals surface area contributed by atoms with E-state index in [0.29, 0.717) is 22.8 Å². The second-order valence-corrected chi connectivity index (χ2v) is 7.22. The molecule has 1 aliphatic rings. The molecule has 0 bridgehead atoms. The first-order valence-electron chi connectivity index (χ1n) is 9.49. The van der Waals surface area contributed by atoms with E-state index in [9.17, 15) is 14.7 Å². The van der Waals surface area contributed by atoms with E-state index in [4.69, 9.17) is 26.4 Å². The van der Waals surface area contributed by atoms with Gasteiger partial charge in [0.25, 0.3) is 5.56 Å². The van der Waals surface area contributed by atoms with E-state index in [0.717, 1.165) is 0 Å². The topological polar surface area (TPSA) is 118 Å². The van der Waals surface area contributed by atoms with Crippen LogP contribution in [-0.2, 0) is 11.8 Å². The Balaban J connectivity index is 2.15. The smallest absolute Gasteiger partial charge is 0.264 e. The number of hydrogen-bond acceptors (Lipinski definition) is 8. The van der Waals surface area contributed by atoms with Crippen molar-refractivity contribution in [2.75, 3.05) is 21.3 Å². The fourth-order valence-corrected chi connectivity index (χ4v) is 3.65. The summed E-state index contributed by atoms with van der Waals surface area (Å²) in [4.78, 5) is 27.7. The van der Waals surface area contributed by atoms with Crippen LogP contribution in [0.2, 0.25) is 0 Å². The number of aromatic hydroxyl groups is 1. The monoisotopic (exact) mass is 448 g/mol. The van der Waals surface area contributed by atoms with Gasteiger partial charge in [-0.25, -0.2) is 5.01 Å². The standard InChI is InChI=1S/C20H24N4O6S/c1-6-15(25)24-12(10-7-13(28-3)17(30-5)14(8-10)29-4)9-11(22-24)16-18(26)21-20(31)23(2)19(16)27/h7-8,12,27H,6,9H2,1-5H3,(H,21,26,31)/t12-/m1/s1. The second kappa shape index (κ2) is 8.80. The Hall–Kier alpha value is -3.34. The van der Waals surface area contributed by atoms with Gasteiger partial charge in [0.15, 0.2) is 16.3 Å². The molecule has 1 amide bonds. The van der Waals surface area contributed by atoms with Crippen molar-refractivity contribution in [2.24, 2.45) is 12.1 Å². The summed E-state index contributed by atoms with van der Waals surface area (Å²) in [5.74, 6) is 0.716. The third kappa shape index (κ3) is 3.88. The first-order chi connectivity index (χ1) is 14.8. The number of amides is 1. The summed E-state index contributed by atoms with van der Waals surface area (Å²) in [5.41, 5.74) is 0.342. The Kier molecular flexibility index (Phi) is 6.34. The minimum Gasteiger partial charge on any atom is -0.494 e. The maximum Gasteiger partial charge on any atom is 0.264 e. The van der Waals surface area contributed by atoms with Crippen LogP contribution in [0.4, 0.5) is 0 Å². The number of aromatic nitrogens is 2. The molecule has 0 spiro atoms. The molecule has 1 atom stereocenters. The van der Waals surface area contributed by atoms with Crippen LogP contribution in [-0.4, -0.2) is 52.6 Å². The van der Waals surface area contributed by atoms with E-state index in [1.807, 2.05) is 0 Å². The van der Waals surface area contributed by atoms with Gasteiger partial charge in [0.2, 0.25) is 17.5 Å². The number of carbonyl (C=O) groups is 1. The average molecular weight is 449 g/mol. The van der Waals surface area contributed by atoms with Crippen LogP contribution in [0.3, 0.4) is 0 Å². The second-order valence-electron chi connectivity index (χ2n) is 6.83. The summed E-state index contributed by atoms with van der Waals surface area (Å²) in [7, 11) is 6.03. The zero-order valence-electron chi connectivity index (χ0n) is 17.9. The fraction of sp³-hybridized carbons (Fsp3) is 0.400. The van der Waals surface area contributed by atoms with Gasteiger partial charge in [0.05, 0.1) is 33.1 Å². The molecule has 0 radical (unpaired) electrons. The summed E-state index contributed by atoms with van der Waals surface area (Å²) >= 11 is 5.03. The first kappa shape index (κ1) is 22.3. The van der Waals surface area contributed by atoms with Crippen molar-refractivity contribution in [2.45, 2.75) is 25.8 Å². The van der Waals surface area contributed by atoms with Gasteiger partial charge in [-0.1, -0.05) is 6.92 Å². The predicted octanol–water partition coefficient (Wildman–Crippen LogP) is 2.26. The molecule has 0 saturated carbocycles. The average Bonchev–Trinajstić information content (AvgIpc) is 3.20. The number of carbonyl (C=O) groups excluding carboxylic acids is 1. The number of H-pyrrole nitrogens is 1. The van der Waals surface area contributed by atoms with Crippen molar-refractivity contribution in [3.63, 3.8) is 0 Å². The number of rotatable bonds is 6. The molecule has 0 saturated heterocycles. The van der Waals surface area contributed by atoms with Crippen molar-refractivity contribution >= 4 is 23.8 Å². The van der Waals surface area contributed by atoms with Crippen LogP contribution < -0.4 is 19.8 Å². The van der Waals surface area contributed by atoms with Crippen molar-refractivity contribution < 1.29 is 24.1 Å². The molecule has 0 aliphatic carbocycles. The highest BCUT2D eigenvalue weighted by Crippen LogP contribution is 2.43. The number of benzene rings is 1. The van der Waals surface area contributed by atoms with E-state index < -0.39 is 11.6 Å². The maximum absolute atomic E-state index is 12.7. The Morgan fingerprint density at radius 3 is 2.39 bits per heavy atom. The van der Waals surface area contributed by atoms with Gasteiger partial charge in [-0.3, -0.25) is 19.1 Å². The summed E-state index contributed by atoms with van der Waals surface area (Å²) in [5, 5.41) is 16.2. The summed E-state index contributed by atoms with van der Waals surface area (Å²) in [6, 6.07) is 2.93. The SMILES string of the molecule is CCC(=O)N1N=C(c2c(O)n(C)c(=S)[nH]c2=O)C[C@@H]1c1cc(OC)c(OC)c(OC)c1. The number of hydrogen-bond donors (Lipinski definition) is 2. The number of nitrogens with one attached hydrogen (secondary N) is 1. The molecule has 1 aromatic carbocycles. The zero-order valence-corrected chi connectivity index (χ0v) is 18.7. The highest BCUT2D eigenvalue weighted by atomic mass is 32.1. The predicted molar refractivity (Wildman–Crippen MR) is 116 cm³/mol. The number of aromatic amines is 1. The molecule has 2 N–H and O–H groups in total. The summed E-state index contributed by atoms with van der Waals surface area (Å²) in [6.45, 7) is 1.72. The molecular formula is C20H24N4O6S. The molecule has 166 valence electrons. The molecule has 31 heavy (non-hydrogen) atoms. The fourth-order valence-electron chi connectivity index (χ4n) is 3.48. The number of ether oxygens (including phenoxy) is 3. The Labute approximate surface area is 183 Å². The van der Waals surface area contributed by atoms with Gasteiger partial charge in [-0.05, 0) is 29.9 Å². The Bertz CT molecular complexity index is 1140. The van der Waals surface area contributed by atoms with Crippen LogP contribution in [0, 0.1) is 4.77 Å². The van der Waals surface area contributed by atoms with Crippen molar-refractivity contribution in [3.05, 3.63) is 38.4 Å². The van der Waals surface area contributed by atoms with Gasteiger partial charge in [-0.2, -0.15) is 5.10 Å². The lowest BCUT2D eigenvalue weighted by atomic mass is 9.98. The lowest BCUT2D eigenvalue weighted by Gasteiger charge is -2.23. The van der Waals surface area contributed by atoms with Crippen LogP contribution in [0.25, 0.3) is 0 Å². The summed E-state index contributed by atoms with van der Waals surface area (Å²) in [6.07, 6.45) is 0.400. The molecule has 11 heteroatoms. The number of hydrazone groups is 1. The van der Waals surface area contributed by atoms with E-state index in [-0.39, 0.29) is 40.7 Å². The van der Waals surface area contributed by atoms with Gasteiger partial charge in [0.1, 0.15) is 5.56 Å². The van der Waals surface area contributed by atoms with Crippen LogP contribution >= 0.6 is 12.2 Å². The largest absolute Gasteiger partial charge is 0.494 e. The van der Waals surface area contributed by atoms with Crippen LogP contribution in [0.1, 0.15) is 36.9 Å². The zero-order chi connectivity index (χ0) is 22.9. The quantitative estimate of drug-likeness (QED) is 0.651. The van der Waals surface area contributed by atoms with Gasteiger partial charge in [0, 0.05) is 19.9 Å². The normalized spacial score (nSPS) is 15.6. The van der Waals surface area contributed by atoms with Crippen molar-refractivity contribution in [1.82, 2.24) is 14.6 Å². The lowest BCUT2D eigenvalue weighted by Crippen LogP contribution is -2.26. The van der Waals surface area contributed by atoms with Gasteiger partial charge in [-0.15, -0.1) is 0 Å². The Morgan fingerprint density at radius 1 is 1.26 bits per heavy atom. The van der Waals surface area contributed by atoms with Gasteiger partial charge >= 0.3 is 0 Å². The molecule has 3 rings (SSSR count). The van der Waals surface area contributed by atoms with E-state index in [1.165, 1.54) is 38.0 Å². The highest BCUT2D eigenvalue weighted by molar-refractivity contribution is 7.71. The number of methoxy groups -OCH3 is 3. The van der Waals surface area contributed by atoms with Gasteiger partial charge < -0.3 is 19.3 Å². The maximum atomic E-state index is 12.7. The van der Waals surface area contributed by atoms with E-state index >= 15 is 0 Å². The lowest BCUT2D eigenvalue weighted by molar-refractivity contribution is -0.132. The molecule has 0 unspecified atom stereocenters.